The lowest BCUT2D eigenvalue weighted by molar-refractivity contribution is 0.0950. The number of hydrogen-bond acceptors (Lipinski definition) is 5. The predicted molar refractivity (Wildman–Crippen MR) is 95.3 cm³/mol. The maximum absolute atomic E-state index is 12.3. The maximum atomic E-state index is 12.3. The van der Waals surface area contributed by atoms with Crippen LogP contribution >= 0.6 is 0 Å². The van der Waals surface area contributed by atoms with Crippen LogP contribution in [0.4, 0.5) is 0 Å². The van der Waals surface area contributed by atoms with Gasteiger partial charge >= 0.3 is 0 Å². The molecule has 0 bridgehead atoms. The number of aromatic amines is 1. The van der Waals surface area contributed by atoms with Crippen molar-refractivity contribution in [3.8, 4) is 23.2 Å². The van der Waals surface area contributed by atoms with E-state index in [0.29, 0.717) is 17.2 Å². The fraction of sp³-hybridized carbons (Fsp3) is 0.158. The molecule has 0 saturated carbocycles. The first kappa shape index (κ1) is 17.2. The summed E-state index contributed by atoms with van der Waals surface area (Å²) in [7, 11) is 1.61. The lowest BCUT2D eigenvalue weighted by atomic mass is 10.1. The van der Waals surface area contributed by atoms with Crippen LogP contribution in [0.25, 0.3) is 11.4 Å². The number of amides is 1. The number of nitrogens with one attached hydrogen (secondary N) is 2. The molecule has 1 amide bonds. The fourth-order valence-corrected chi connectivity index (χ4v) is 2.42. The van der Waals surface area contributed by atoms with Gasteiger partial charge in [0.2, 0.25) is 0 Å². The van der Waals surface area contributed by atoms with Gasteiger partial charge in [-0.2, -0.15) is 10.4 Å². The van der Waals surface area contributed by atoms with Crippen molar-refractivity contribution < 1.29 is 9.53 Å². The molecule has 7 nitrogen and oxygen atoms in total. The molecule has 7 heteroatoms. The van der Waals surface area contributed by atoms with Gasteiger partial charge in [0.1, 0.15) is 11.6 Å². The zero-order valence-electron chi connectivity index (χ0n) is 14.2. The van der Waals surface area contributed by atoms with Crippen molar-refractivity contribution >= 4 is 5.91 Å². The van der Waals surface area contributed by atoms with Gasteiger partial charge in [-0.3, -0.25) is 9.89 Å². The Balaban J connectivity index is 1.63. The van der Waals surface area contributed by atoms with E-state index in [1.54, 1.807) is 25.3 Å². The first-order chi connectivity index (χ1) is 12.7. The van der Waals surface area contributed by atoms with Crippen molar-refractivity contribution in [2.45, 2.75) is 13.0 Å². The maximum Gasteiger partial charge on any atom is 0.251 e. The molecule has 0 atom stereocenters. The van der Waals surface area contributed by atoms with Gasteiger partial charge in [0.05, 0.1) is 26.1 Å². The number of carbonyl (C=O) groups excluding carboxylic acids is 1. The average molecular weight is 347 g/mol. The standard InChI is InChI=1S/C19H17N5O2/c1-26-16-7-5-14(6-8-16)18-22-17(23-24-18)12-21-19(25)15-4-2-3-13(11-15)9-10-20/h2-8,11H,9,12H2,1H3,(H,21,25)(H,22,23,24). The largest absolute Gasteiger partial charge is 0.497 e. The number of nitrogens with zero attached hydrogens (tertiary/aromatic N) is 3. The van der Waals surface area contributed by atoms with Crippen LogP contribution in [0.5, 0.6) is 5.75 Å². The summed E-state index contributed by atoms with van der Waals surface area (Å²) in [6.07, 6.45) is 0.272. The molecule has 0 saturated heterocycles. The highest BCUT2D eigenvalue weighted by molar-refractivity contribution is 5.94. The van der Waals surface area contributed by atoms with Crippen LogP contribution in [-0.2, 0) is 13.0 Å². The number of hydrogen-bond donors (Lipinski definition) is 2. The first-order valence-corrected chi connectivity index (χ1v) is 7.99. The van der Waals surface area contributed by atoms with Crippen LogP contribution in [0.2, 0.25) is 0 Å². The molecule has 0 radical (unpaired) electrons. The summed E-state index contributed by atoms with van der Waals surface area (Å²) in [4.78, 5) is 16.6. The molecule has 1 aromatic heterocycles. The Morgan fingerprint density at radius 2 is 2.08 bits per heavy atom. The Morgan fingerprint density at radius 3 is 2.81 bits per heavy atom. The number of carbonyl (C=O) groups is 1. The van der Waals surface area contributed by atoms with E-state index in [1.165, 1.54) is 0 Å². The molecule has 2 aromatic carbocycles. The number of aromatic nitrogens is 3. The topological polar surface area (TPSA) is 104 Å². The van der Waals surface area contributed by atoms with E-state index in [9.17, 15) is 4.79 Å². The van der Waals surface area contributed by atoms with Crippen LogP contribution in [0, 0.1) is 11.3 Å². The molecule has 3 rings (SSSR count). The Morgan fingerprint density at radius 1 is 1.27 bits per heavy atom. The molecule has 0 fully saturated rings. The first-order valence-electron chi connectivity index (χ1n) is 7.99. The van der Waals surface area contributed by atoms with Crippen LogP contribution in [0.3, 0.4) is 0 Å². The van der Waals surface area contributed by atoms with E-state index in [-0.39, 0.29) is 18.9 Å². The summed E-state index contributed by atoms with van der Waals surface area (Å²) < 4.78 is 5.13. The zero-order chi connectivity index (χ0) is 18.4. The predicted octanol–water partition coefficient (Wildman–Crippen LogP) is 2.48. The summed E-state index contributed by atoms with van der Waals surface area (Å²) in [6.45, 7) is 0.227. The second-order valence-electron chi connectivity index (χ2n) is 5.55. The zero-order valence-corrected chi connectivity index (χ0v) is 14.2. The van der Waals surface area contributed by atoms with Gasteiger partial charge in [-0.1, -0.05) is 12.1 Å². The fourth-order valence-electron chi connectivity index (χ4n) is 2.42. The number of ether oxygens (including phenoxy) is 1. The van der Waals surface area contributed by atoms with Crippen LogP contribution in [-0.4, -0.2) is 28.2 Å². The van der Waals surface area contributed by atoms with Crippen molar-refractivity contribution in [3.05, 3.63) is 65.5 Å². The van der Waals surface area contributed by atoms with E-state index < -0.39 is 0 Å². The molecule has 1 heterocycles. The van der Waals surface area contributed by atoms with Crippen molar-refractivity contribution in [3.63, 3.8) is 0 Å². The highest BCUT2D eigenvalue weighted by atomic mass is 16.5. The van der Waals surface area contributed by atoms with Gasteiger partial charge in [0.15, 0.2) is 5.82 Å². The molecular weight excluding hydrogens is 330 g/mol. The van der Waals surface area contributed by atoms with Crippen LogP contribution in [0.15, 0.2) is 48.5 Å². The van der Waals surface area contributed by atoms with E-state index in [0.717, 1.165) is 16.9 Å². The van der Waals surface area contributed by atoms with Gasteiger partial charge in [-0.25, -0.2) is 4.98 Å². The van der Waals surface area contributed by atoms with Gasteiger partial charge in [-0.15, -0.1) is 0 Å². The number of benzene rings is 2. The summed E-state index contributed by atoms with van der Waals surface area (Å²) in [6, 6.07) is 16.5. The van der Waals surface area contributed by atoms with E-state index in [2.05, 4.69) is 26.6 Å². The summed E-state index contributed by atoms with van der Waals surface area (Å²) in [5, 5.41) is 18.5. The van der Waals surface area contributed by atoms with E-state index >= 15 is 0 Å². The second-order valence-corrected chi connectivity index (χ2v) is 5.55. The summed E-state index contributed by atoms with van der Waals surface area (Å²) in [5.74, 6) is 1.63. The summed E-state index contributed by atoms with van der Waals surface area (Å²) in [5.41, 5.74) is 2.16. The van der Waals surface area contributed by atoms with Crippen molar-refractivity contribution in [2.24, 2.45) is 0 Å². The Bertz CT molecular complexity index is 941. The summed E-state index contributed by atoms with van der Waals surface area (Å²) >= 11 is 0. The SMILES string of the molecule is COc1ccc(-c2n[nH]c(CNC(=O)c3cccc(CC#N)c3)n2)cc1. The van der Waals surface area contributed by atoms with Gasteiger partial charge in [0.25, 0.3) is 5.91 Å². The number of H-pyrrole nitrogens is 1. The van der Waals surface area contributed by atoms with Gasteiger partial charge in [-0.05, 0) is 42.0 Å². The third-order valence-corrected chi connectivity index (χ3v) is 3.77. The number of nitriles is 1. The normalized spacial score (nSPS) is 10.2. The lowest BCUT2D eigenvalue weighted by Crippen LogP contribution is -2.23. The minimum atomic E-state index is -0.229. The molecule has 0 aliphatic carbocycles. The minimum Gasteiger partial charge on any atom is -0.497 e. The average Bonchev–Trinajstić information content (AvgIpc) is 3.16. The Labute approximate surface area is 150 Å². The second kappa shape index (κ2) is 7.94. The highest BCUT2D eigenvalue weighted by Crippen LogP contribution is 2.18. The van der Waals surface area contributed by atoms with Crippen LogP contribution in [0.1, 0.15) is 21.7 Å². The Kier molecular flexibility index (Phi) is 5.25. The van der Waals surface area contributed by atoms with Crippen molar-refractivity contribution in [1.29, 1.82) is 5.26 Å². The van der Waals surface area contributed by atoms with Crippen LogP contribution < -0.4 is 10.1 Å². The Hall–Kier alpha value is -3.66. The smallest absolute Gasteiger partial charge is 0.251 e. The monoisotopic (exact) mass is 347 g/mol. The third kappa shape index (κ3) is 4.05. The van der Waals surface area contributed by atoms with Gasteiger partial charge < -0.3 is 10.1 Å². The van der Waals surface area contributed by atoms with Crippen molar-refractivity contribution in [1.82, 2.24) is 20.5 Å². The number of rotatable bonds is 6. The molecule has 0 unspecified atom stereocenters. The third-order valence-electron chi connectivity index (χ3n) is 3.77. The molecule has 0 spiro atoms. The number of methoxy groups -OCH3 is 1. The lowest BCUT2D eigenvalue weighted by Gasteiger charge is -2.04. The molecule has 130 valence electrons. The molecular formula is C19H17N5O2. The van der Waals surface area contributed by atoms with Crippen molar-refractivity contribution in [2.75, 3.05) is 7.11 Å². The van der Waals surface area contributed by atoms with E-state index in [4.69, 9.17) is 10.00 Å². The van der Waals surface area contributed by atoms with E-state index in [1.807, 2.05) is 30.3 Å². The quantitative estimate of drug-likeness (QED) is 0.713. The molecule has 2 N–H and O–H groups in total. The molecule has 26 heavy (non-hydrogen) atoms. The minimum absolute atomic E-state index is 0.227. The molecule has 0 aliphatic heterocycles. The molecule has 0 aliphatic rings. The van der Waals surface area contributed by atoms with Gasteiger partial charge in [0, 0.05) is 11.1 Å². The highest BCUT2D eigenvalue weighted by Gasteiger charge is 2.09. The molecule has 3 aromatic rings.